The van der Waals surface area contributed by atoms with Gasteiger partial charge in [-0.25, -0.2) is 13.1 Å². The third-order valence-corrected chi connectivity index (χ3v) is 5.45. The molecule has 0 spiro atoms. The minimum Gasteiger partial charge on any atom is -0.380 e. The van der Waals surface area contributed by atoms with E-state index in [-0.39, 0.29) is 6.04 Å². The highest BCUT2D eigenvalue weighted by Crippen LogP contribution is 2.21. The van der Waals surface area contributed by atoms with E-state index in [0.717, 1.165) is 4.88 Å². The summed E-state index contributed by atoms with van der Waals surface area (Å²) < 4.78 is 32.2. The van der Waals surface area contributed by atoms with Gasteiger partial charge >= 0.3 is 0 Å². The van der Waals surface area contributed by atoms with Crippen LogP contribution < -0.4 is 10.5 Å². The van der Waals surface area contributed by atoms with E-state index in [2.05, 4.69) is 4.72 Å². The van der Waals surface area contributed by atoms with E-state index in [9.17, 15) is 8.42 Å². The van der Waals surface area contributed by atoms with Crippen LogP contribution >= 0.6 is 11.3 Å². The summed E-state index contributed by atoms with van der Waals surface area (Å²) in [5, 5.41) is 0. The van der Waals surface area contributed by atoms with Gasteiger partial charge in [-0.05, 0) is 38.9 Å². The number of sulfonamides is 1. The van der Waals surface area contributed by atoms with Gasteiger partial charge in [0.2, 0.25) is 10.0 Å². The van der Waals surface area contributed by atoms with Gasteiger partial charge in [-0.1, -0.05) is 0 Å². The zero-order valence-electron chi connectivity index (χ0n) is 10.7. The van der Waals surface area contributed by atoms with E-state index in [1.165, 1.54) is 11.3 Å². The first kappa shape index (κ1) is 15.6. The largest absolute Gasteiger partial charge is 0.380 e. The van der Waals surface area contributed by atoms with E-state index < -0.39 is 10.0 Å². The van der Waals surface area contributed by atoms with Crippen molar-refractivity contribution in [2.24, 2.45) is 5.73 Å². The Morgan fingerprint density at radius 3 is 2.83 bits per heavy atom. The predicted octanol–water partition coefficient (Wildman–Crippen LogP) is 0.953. The van der Waals surface area contributed by atoms with Gasteiger partial charge in [-0.3, -0.25) is 0 Å². The van der Waals surface area contributed by atoms with Gasteiger partial charge in [0.1, 0.15) is 4.21 Å². The summed E-state index contributed by atoms with van der Waals surface area (Å²) in [6.45, 7) is 5.12. The molecule has 0 radical (unpaired) electrons. The Labute approximate surface area is 112 Å². The average molecular weight is 292 g/mol. The maximum atomic E-state index is 12.0. The molecule has 0 aliphatic heterocycles. The van der Waals surface area contributed by atoms with Crippen LogP contribution in [-0.4, -0.2) is 34.2 Å². The molecule has 0 aromatic carbocycles. The minimum atomic E-state index is -3.44. The summed E-state index contributed by atoms with van der Waals surface area (Å²) in [6, 6.07) is 3.18. The average Bonchev–Trinajstić information content (AvgIpc) is 2.75. The molecule has 1 aromatic heterocycles. The molecule has 7 heteroatoms. The van der Waals surface area contributed by atoms with Crippen LogP contribution in [0.25, 0.3) is 0 Å². The SMILES string of the molecule is CCOCC(C)NS(=O)(=O)c1ccc(CCN)s1. The standard InChI is InChI=1S/C11H20N2O3S2/c1-3-16-8-9(2)13-18(14,15)11-5-4-10(17-11)6-7-12/h4-5,9,13H,3,6-8,12H2,1-2H3. The summed E-state index contributed by atoms with van der Waals surface area (Å²) in [7, 11) is -3.44. The van der Waals surface area contributed by atoms with Crippen molar-refractivity contribution >= 4 is 21.4 Å². The highest BCUT2D eigenvalue weighted by molar-refractivity contribution is 7.91. The summed E-state index contributed by atoms with van der Waals surface area (Å²) in [5.74, 6) is 0. The number of nitrogens with two attached hydrogens (primary N) is 1. The molecule has 104 valence electrons. The molecule has 0 saturated heterocycles. The fourth-order valence-electron chi connectivity index (χ4n) is 1.43. The van der Waals surface area contributed by atoms with Crippen molar-refractivity contribution < 1.29 is 13.2 Å². The van der Waals surface area contributed by atoms with E-state index in [1.807, 2.05) is 6.92 Å². The van der Waals surface area contributed by atoms with Crippen molar-refractivity contribution in [3.05, 3.63) is 17.0 Å². The van der Waals surface area contributed by atoms with Gasteiger partial charge in [-0.15, -0.1) is 11.3 Å². The molecule has 0 amide bonds. The monoisotopic (exact) mass is 292 g/mol. The van der Waals surface area contributed by atoms with E-state index in [0.29, 0.717) is 30.4 Å². The Balaban J connectivity index is 2.67. The van der Waals surface area contributed by atoms with Crippen molar-refractivity contribution in [1.29, 1.82) is 0 Å². The van der Waals surface area contributed by atoms with Crippen LogP contribution in [0, 0.1) is 0 Å². The first-order valence-electron chi connectivity index (χ1n) is 5.88. The lowest BCUT2D eigenvalue weighted by molar-refractivity contribution is 0.133. The number of nitrogens with one attached hydrogen (secondary N) is 1. The zero-order valence-corrected chi connectivity index (χ0v) is 12.3. The first-order valence-corrected chi connectivity index (χ1v) is 8.18. The Hall–Kier alpha value is -0.470. The molecule has 1 aromatic rings. The normalized spacial score (nSPS) is 13.7. The molecule has 0 bridgehead atoms. The zero-order chi connectivity index (χ0) is 13.6. The second kappa shape index (κ2) is 7.20. The van der Waals surface area contributed by atoms with Crippen LogP contribution in [0.2, 0.25) is 0 Å². The lowest BCUT2D eigenvalue weighted by atomic mass is 10.3. The Morgan fingerprint density at radius 2 is 2.22 bits per heavy atom. The van der Waals surface area contributed by atoms with Crippen molar-refractivity contribution in [2.75, 3.05) is 19.8 Å². The third-order valence-electron chi connectivity index (χ3n) is 2.22. The molecule has 1 atom stereocenters. The van der Waals surface area contributed by atoms with Crippen LogP contribution in [-0.2, 0) is 21.2 Å². The molecule has 0 fully saturated rings. The number of hydrogen-bond acceptors (Lipinski definition) is 5. The summed E-state index contributed by atoms with van der Waals surface area (Å²) >= 11 is 1.26. The topological polar surface area (TPSA) is 81.4 Å². The van der Waals surface area contributed by atoms with Crippen molar-refractivity contribution in [2.45, 2.75) is 30.5 Å². The predicted molar refractivity (Wildman–Crippen MR) is 73.4 cm³/mol. The maximum Gasteiger partial charge on any atom is 0.250 e. The number of thiophene rings is 1. The van der Waals surface area contributed by atoms with E-state index in [4.69, 9.17) is 10.5 Å². The van der Waals surface area contributed by atoms with Crippen LogP contribution in [0.3, 0.4) is 0 Å². The summed E-state index contributed by atoms with van der Waals surface area (Å²) in [4.78, 5) is 0.982. The van der Waals surface area contributed by atoms with Crippen LogP contribution in [0.5, 0.6) is 0 Å². The highest BCUT2D eigenvalue weighted by atomic mass is 32.2. The number of hydrogen-bond donors (Lipinski definition) is 2. The summed E-state index contributed by atoms with van der Waals surface area (Å²) in [6.07, 6.45) is 0.703. The molecule has 3 N–H and O–H groups in total. The Morgan fingerprint density at radius 1 is 1.50 bits per heavy atom. The smallest absolute Gasteiger partial charge is 0.250 e. The molecule has 1 heterocycles. The molecule has 0 aliphatic carbocycles. The Kier molecular flexibility index (Phi) is 6.24. The molecule has 0 saturated carbocycles. The molecule has 18 heavy (non-hydrogen) atoms. The number of rotatable bonds is 8. The van der Waals surface area contributed by atoms with E-state index in [1.54, 1.807) is 19.1 Å². The number of ether oxygens (including phenoxy) is 1. The molecule has 1 rings (SSSR count). The third kappa shape index (κ3) is 4.66. The fourth-order valence-corrected chi connectivity index (χ4v) is 4.05. The van der Waals surface area contributed by atoms with Crippen molar-refractivity contribution in [3.63, 3.8) is 0 Å². The molecule has 1 unspecified atom stereocenters. The second-order valence-corrected chi connectivity index (χ2v) is 7.05. The highest BCUT2D eigenvalue weighted by Gasteiger charge is 2.19. The van der Waals surface area contributed by atoms with Crippen LogP contribution in [0.15, 0.2) is 16.3 Å². The van der Waals surface area contributed by atoms with Gasteiger partial charge in [0, 0.05) is 17.5 Å². The van der Waals surface area contributed by atoms with Crippen molar-refractivity contribution in [3.8, 4) is 0 Å². The van der Waals surface area contributed by atoms with Gasteiger partial charge < -0.3 is 10.5 Å². The van der Waals surface area contributed by atoms with Crippen LogP contribution in [0.1, 0.15) is 18.7 Å². The lowest BCUT2D eigenvalue weighted by Gasteiger charge is -2.12. The van der Waals surface area contributed by atoms with E-state index >= 15 is 0 Å². The van der Waals surface area contributed by atoms with Crippen molar-refractivity contribution in [1.82, 2.24) is 4.72 Å². The molecule has 5 nitrogen and oxygen atoms in total. The maximum absolute atomic E-state index is 12.0. The first-order chi connectivity index (χ1) is 8.49. The fraction of sp³-hybridized carbons (Fsp3) is 0.636. The lowest BCUT2D eigenvalue weighted by Crippen LogP contribution is -2.35. The second-order valence-electron chi connectivity index (χ2n) is 3.94. The summed E-state index contributed by atoms with van der Waals surface area (Å²) in [5.41, 5.74) is 5.44. The Bertz CT molecular complexity index is 457. The van der Waals surface area contributed by atoms with Gasteiger partial charge in [0.05, 0.1) is 6.61 Å². The minimum absolute atomic E-state index is 0.241. The van der Waals surface area contributed by atoms with Crippen LogP contribution in [0.4, 0.5) is 0 Å². The molecular weight excluding hydrogens is 272 g/mol. The quantitative estimate of drug-likeness (QED) is 0.747. The molecular formula is C11H20N2O3S2. The van der Waals surface area contributed by atoms with Gasteiger partial charge in [0.25, 0.3) is 0 Å². The van der Waals surface area contributed by atoms with Gasteiger partial charge in [-0.2, -0.15) is 0 Å². The van der Waals surface area contributed by atoms with Gasteiger partial charge in [0.15, 0.2) is 0 Å². The molecule has 0 aliphatic rings.